The standard InChI is InChI=1S/C17H26N2O2/c1-13-12-14(18)8-9-16(13)19-17(20)10-11-21-15-6-4-2-3-5-7-15/h8-9,12,15H,2-7,10-11,18H2,1H3,(H,19,20). The molecule has 1 aromatic carbocycles. The smallest absolute Gasteiger partial charge is 0.226 e. The molecule has 4 heteroatoms. The average Bonchev–Trinajstić information content (AvgIpc) is 2.71. The number of aryl methyl sites for hydroxylation is 1. The molecule has 116 valence electrons. The van der Waals surface area contributed by atoms with Gasteiger partial charge in [-0.2, -0.15) is 0 Å². The zero-order chi connectivity index (χ0) is 15.1. The van der Waals surface area contributed by atoms with Gasteiger partial charge in [-0.25, -0.2) is 0 Å². The Kier molecular flexibility index (Phi) is 6.05. The molecule has 1 fully saturated rings. The number of hydrogen-bond donors (Lipinski definition) is 2. The van der Waals surface area contributed by atoms with Crippen molar-refractivity contribution in [3.63, 3.8) is 0 Å². The van der Waals surface area contributed by atoms with Gasteiger partial charge in [-0.1, -0.05) is 25.7 Å². The van der Waals surface area contributed by atoms with Gasteiger partial charge in [0, 0.05) is 11.4 Å². The minimum absolute atomic E-state index is 0.00325. The minimum Gasteiger partial charge on any atom is -0.399 e. The van der Waals surface area contributed by atoms with Gasteiger partial charge >= 0.3 is 0 Å². The topological polar surface area (TPSA) is 64.3 Å². The lowest BCUT2D eigenvalue weighted by Gasteiger charge is -2.15. The summed E-state index contributed by atoms with van der Waals surface area (Å²) in [5.74, 6) is -0.00325. The quantitative estimate of drug-likeness (QED) is 0.642. The third kappa shape index (κ3) is 5.38. The predicted molar refractivity (Wildman–Crippen MR) is 86.3 cm³/mol. The van der Waals surface area contributed by atoms with E-state index in [0.29, 0.717) is 24.8 Å². The second kappa shape index (κ2) is 8.03. The number of carbonyl (C=O) groups is 1. The molecule has 1 aliphatic carbocycles. The lowest BCUT2D eigenvalue weighted by molar-refractivity contribution is -0.117. The maximum atomic E-state index is 11.9. The van der Waals surface area contributed by atoms with Gasteiger partial charge < -0.3 is 15.8 Å². The van der Waals surface area contributed by atoms with Crippen LogP contribution in [0.4, 0.5) is 11.4 Å². The highest BCUT2D eigenvalue weighted by Crippen LogP contribution is 2.20. The largest absolute Gasteiger partial charge is 0.399 e. The molecule has 4 nitrogen and oxygen atoms in total. The number of amides is 1. The number of rotatable bonds is 5. The van der Waals surface area contributed by atoms with Crippen LogP contribution in [0.15, 0.2) is 18.2 Å². The third-order valence-electron chi connectivity index (χ3n) is 4.01. The summed E-state index contributed by atoms with van der Waals surface area (Å²) in [7, 11) is 0. The third-order valence-corrected chi connectivity index (χ3v) is 4.01. The van der Waals surface area contributed by atoms with Crippen LogP contribution < -0.4 is 11.1 Å². The number of hydrogen-bond acceptors (Lipinski definition) is 3. The van der Waals surface area contributed by atoms with Crippen LogP contribution in [0.1, 0.15) is 50.5 Å². The van der Waals surface area contributed by atoms with Crippen molar-refractivity contribution in [1.82, 2.24) is 0 Å². The van der Waals surface area contributed by atoms with E-state index in [2.05, 4.69) is 5.32 Å². The van der Waals surface area contributed by atoms with Gasteiger partial charge in [-0.3, -0.25) is 4.79 Å². The van der Waals surface area contributed by atoms with Gasteiger partial charge in [0.15, 0.2) is 0 Å². The van der Waals surface area contributed by atoms with E-state index in [0.717, 1.165) is 24.1 Å². The average molecular weight is 290 g/mol. The molecule has 3 N–H and O–H groups in total. The lowest BCUT2D eigenvalue weighted by Crippen LogP contribution is -2.18. The number of carbonyl (C=O) groups excluding carboxylic acids is 1. The molecule has 0 atom stereocenters. The summed E-state index contributed by atoms with van der Waals surface area (Å²) in [4.78, 5) is 11.9. The van der Waals surface area contributed by atoms with Crippen LogP contribution in [0, 0.1) is 6.92 Å². The van der Waals surface area contributed by atoms with Crippen molar-refractivity contribution in [2.24, 2.45) is 0 Å². The van der Waals surface area contributed by atoms with Crippen molar-refractivity contribution in [2.75, 3.05) is 17.7 Å². The number of nitrogens with two attached hydrogens (primary N) is 1. The Morgan fingerprint density at radius 2 is 2.00 bits per heavy atom. The van der Waals surface area contributed by atoms with Gasteiger partial charge in [0.05, 0.1) is 19.1 Å². The molecule has 0 aromatic heterocycles. The SMILES string of the molecule is Cc1cc(N)ccc1NC(=O)CCOC1CCCCCC1. The van der Waals surface area contributed by atoms with Gasteiger partial charge in [-0.05, 0) is 43.5 Å². The van der Waals surface area contributed by atoms with Gasteiger partial charge in [0.2, 0.25) is 5.91 Å². The summed E-state index contributed by atoms with van der Waals surface area (Å²) in [6.07, 6.45) is 8.16. The molecule has 0 aliphatic heterocycles. The highest BCUT2D eigenvalue weighted by atomic mass is 16.5. The van der Waals surface area contributed by atoms with Gasteiger partial charge in [-0.15, -0.1) is 0 Å². The Bertz CT molecular complexity index is 466. The van der Waals surface area contributed by atoms with Gasteiger partial charge in [0.1, 0.15) is 0 Å². The number of anilines is 2. The molecule has 0 radical (unpaired) electrons. The van der Waals surface area contributed by atoms with Crippen molar-refractivity contribution in [1.29, 1.82) is 0 Å². The highest BCUT2D eigenvalue weighted by Gasteiger charge is 2.13. The Morgan fingerprint density at radius 3 is 2.67 bits per heavy atom. The van der Waals surface area contributed by atoms with Crippen LogP contribution in [0.2, 0.25) is 0 Å². The van der Waals surface area contributed by atoms with Crippen LogP contribution in [0.25, 0.3) is 0 Å². The fourth-order valence-electron chi connectivity index (χ4n) is 2.77. The molecule has 2 rings (SSSR count). The number of ether oxygens (including phenoxy) is 1. The number of nitrogen functional groups attached to an aromatic ring is 1. The molecule has 1 aliphatic rings. The zero-order valence-electron chi connectivity index (χ0n) is 12.9. The molecule has 0 unspecified atom stereocenters. The summed E-state index contributed by atoms with van der Waals surface area (Å²) in [6.45, 7) is 2.44. The predicted octanol–water partition coefficient (Wildman–Crippen LogP) is 3.65. The van der Waals surface area contributed by atoms with E-state index in [1.807, 2.05) is 19.1 Å². The summed E-state index contributed by atoms with van der Waals surface area (Å²) in [6, 6.07) is 5.50. The van der Waals surface area contributed by atoms with E-state index in [-0.39, 0.29) is 5.91 Å². The molecule has 21 heavy (non-hydrogen) atoms. The summed E-state index contributed by atoms with van der Waals surface area (Å²) < 4.78 is 5.84. The van der Waals surface area contributed by atoms with Crippen molar-refractivity contribution in [3.05, 3.63) is 23.8 Å². The van der Waals surface area contributed by atoms with Crippen LogP contribution in [0.5, 0.6) is 0 Å². The number of benzene rings is 1. The first-order valence-corrected chi connectivity index (χ1v) is 7.93. The molecule has 1 amide bonds. The van der Waals surface area contributed by atoms with Crippen molar-refractivity contribution in [3.8, 4) is 0 Å². The summed E-state index contributed by atoms with van der Waals surface area (Å²) in [5, 5.41) is 2.91. The summed E-state index contributed by atoms with van der Waals surface area (Å²) >= 11 is 0. The Morgan fingerprint density at radius 1 is 1.29 bits per heavy atom. The summed E-state index contributed by atoms with van der Waals surface area (Å²) in [5.41, 5.74) is 8.21. The molecule has 1 saturated carbocycles. The maximum Gasteiger partial charge on any atom is 0.226 e. The zero-order valence-corrected chi connectivity index (χ0v) is 12.9. The van der Waals surface area contributed by atoms with Crippen molar-refractivity contribution < 1.29 is 9.53 Å². The van der Waals surface area contributed by atoms with Crippen molar-refractivity contribution in [2.45, 2.75) is 58.0 Å². The fraction of sp³-hybridized carbons (Fsp3) is 0.588. The van der Waals surface area contributed by atoms with Crippen LogP contribution >= 0.6 is 0 Å². The van der Waals surface area contributed by atoms with E-state index in [9.17, 15) is 4.79 Å². The maximum absolute atomic E-state index is 11.9. The molecule has 0 heterocycles. The van der Waals surface area contributed by atoms with E-state index < -0.39 is 0 Å². The fourth-order valence-corrected chi connectivity index (χ4v) is 2.77. The Balaban J connectivity index is 1.71. The lowest BCUT2D eigenvalue weighted by atomic mass is 10.1. The normalized spacial score (nSPS) is 16.4. The minimum atomic E-state index is -0.00325. The van der Waals surface area contributed by atoms with E-state index >= 15 is 0 Å². The first kappa shape index (κ1) is 15.8. The van der Waals surface area contributed by atoms with Crippen molar-refractivity contribution >= 4 is 17.3 Å². The van der Waals surface area contributed by atoms with Crippen LogP contribution in [-0.4, -0.2) is 18.6 Å². The molecular weight excluding hydrogens is 264 g/mol. The molecular formula is C17H26N2O2. The second-order valence-electron chi connectivity index (χ2n) is 5.86. The van der Waals surface area contributed by atoms with E-state index in [4.69, 9.17) is 10.5 Å². The first-order valence-electron chi connectivity index (χ1n) is 7.93. The number of nitrogens with one attached hydrogen (secondary N) is 1. The van der Waals surface area contributed by atoms with E-state index in [1.54, 1.807) is 6.07 Å². The van der Waals surface area contributed by atoms with Crippen LogP contribution in [0.3, 0.4) is 0 Å². The molecule has 0 spiro atoms. The molecule has 1 aromatic rings. The first-order chi connectivity index (χ1) is 10.1. The highest BCUT2D eigenvalue weighted by molar-refractivity contribution is 5.91. The van der Waals surface area contributed by atoms with Crippen LogP contribution in [-0.2, 0) is 9.53 Å². The molecule has 0 saturated heterocycles. The Labute approximate surface area is 127 Å². The second-order valence-corrected chi connectivity index (χ2v) is 5.86. The van der Waals surface area contributed by atoms with E-state index in [1.165, 1.54) is 25.7 Å². The Hall–Kier alpha value is -1.55. The molecule has 0 bridgehead atoms. The monoisotopic (exact) mass is 290 g/mol. The van der Waals surface area contributed by atoms with Gasteiger partial charge in [0.25, 0.3) is 0 Å².